The van der Waals surface area contributed by atoms with E-state index in [9.17, 15) is 4.39 Å². The molecule has 6 nitrogen and oxygen atoms in total. The molecule has 0 spiro atoms. The van der Waals surface area contributed by atoms with Gasteiger partial charge in [-0.05, 0) is 49.7 Å². The first-order chi connectivity index (χ1) is 15.5. The lowest BCUT2D eigenvalue weighted by molar-refractivity contribution is 0.625. The Balaban J connectivity index is 1.43. The molecular weight excluding hydrogens is 427 g/mol. The average Bonchev–Trinajstić information content (AvgIpc) is 3.16. The van der Waals surface area contributed by atoms with Crippen LogP contribution in [0.15, 0.2) is 48.5 Å². The van der Waals surface area contributed by atoms with Gasteiger partial charge in [-0.2, -0.15) is 9.50 Å². The van der Waals surface area contributed by atoms with Gasteiger partial charge in [0.1, 0.15) is 11.6 Å². The first kappa shape index (κ1) is 20.7. The summed E-state index contributed by atoms with van der Waals surface area (Å²) in [7, 11) is 0. The van der Waals surface area contributed by atoms with Gasteiger partial charge in [0.05, 0.1) is 0 Å². The van der Waals surface area contributed by atoms with Crippen LogP contribution in [-0.2, 0) is 6.42 Å². The minimum absolute atomic E-state index is 0.255. The molecule has 0 saturated carbocycles. The van der Waals surface area contributed by atoms with Gasteiger partial charge in [0.15, 0.2) is 5.82 Å². The number of aryl methyl sites for hydroxylation is 1. The average molecular weight is 451 g/mol. The van der Waals surface area contributed by atoms with E-state index in [0.29, 0.717) is 18.0 Å². The lowest BCUT2D eigenvalue weighted by Crippen LogP contribution is -2.47. The monoisotopic (exact) mass is 450 g/mol. The summed E-state index contributed by atoms with van der Waals surface area (Å²) >= 11 is 6.18. The lowest BCUT2D eigenvalue weighted by Gasteiger charge is -2.37. The van der Waals surface area contributed by atoms with Crippen molar-refractivity contribution < 1.29 is 4.39 Å². The Bertz CT molecular complexity index is 1280. The Morgan fingerprint density at radius 1 is 0.938 bits per heavy atom. The maximum atomic E-state index is 13.6. The van der Waals surface area contributed by atoms with Crippen LogP contribution in [0.25, 0.3) is 5.78 Å². The Morgan fingerprint density at radius 2 is 1.69 bits per heavy atom. The topological polar surface area (TPSA) is 49.6 Å². The van der Waals surface area contributed by atoms with Crippen LogP contribution in [0.3, 0.4) is 0 Å². The van der Waals surface area contributed by atoms with Gasteiger partial charge in [-0.15, -0.1) is 5.10 Å². The molecule has 164 valence electrons. The molecule has 0 bridgehead atoms. The number of hydrogen-bond acceptors (Lipinski definition) is 5. The van der Waals surface area contributed by atoms with E-state index in [2.05, 4.69) is 32.8 Å². The molecule has 1 saturated heterocycles. The maximum absolute atomic E-state index is 13.6. The number of hydrogen-bond donors (Lipinski definition) is 0. The molecule has 32 heavy (non-hydrogen) atoms. The molecule has 8 heteroatoms. The van der Waals surface area contributed by atoms with Crippen molar-refractivity contribution in [2.45, 2.75) is 20.3 Å². The Kier molecular flexibility index (Phi) is 5.43. The first-order valence-corrected chi connectivity index (χ1v) is 11.1. The number of benzene rings is 2. The lowest BCUT2D eigenvalue weighted by atomic mass is 10.1. The number of aromatic nitrogens is 4. The van der Waals surface area contributed by atoms with Gasteiger partial charge in [-0.25, -0.2) is 9.37 Å². The van der Waals surface area contributed by atoms with E-state index in [4.69, 9.17) is 16.7 Å². The van der Waals surface area contributed by atoms with Crippen molar-refractivity contribution >= 4 is 28.9 Å². The molecule has 2 aromatic heterocycles. The summed E-state index contributed by atoms with van der Waals surface area (Å²) in [6.07, 6.45) is 0.460. The highest BCUT2D eigenvalue weighted by Crippen LogP contribution is 2.27. The fourth-order valence-corrected chi connectivity index (χ4v) is 4.42. The van der Waals surface area contributed by atoms with Crippen LogP contribution in [0.1, 0.15) is 22.6 Å². The summed E-state index contributed by atoms with van der Waals surface area (Å²) in [5.74, 6) is 1.98. The van der Waals surface area contributed by atoms with Crippen LogP contribution >= 0.6 is 11.6 Å². The highest BCUT2D eigenvalue weighted by atomic mass is 35.5. The van der Waals surface area contributed by atoms with Gasteiger partial charge >= 0.3 is 0 Å². The minimum Gasteiger partial charge on any atom is -0.368 e. The van der Waals surface area contributed by atoms with E-state index in [1.54, 1.807) is 6.07 Å². The van der Waals surface area contributed by atoms with Crippen molar-refractivity contribution in [1.29, 1.82) is 0 Å². The minimum atomic E-state index is -0.255. The molecule has 5 rings (SSSR count). The summed E-state index contributed by atoms with van der Waals surface area (Å²) < 4.78 is 15.4. The summed E-state index contributed by atoms with van der Waals surface area (Å²) in [6.45, 7) is 7.55. The second-order valence-corrected chi connectivity index (χ2v) is 8.58. The first-order valence-electron chi connectivity index (χ1n) is 10.7. The third-order valence-electron chi connectivity index (χ3n) is 5.98. The van der Waals surface area contributed by atoms with Crippen LogP contribution in [0.5, 0.6) is 0 Å². The molecule has 0 atom stereocenters. The van der Waals surface area contributed by atoms with Crippen molar-refractivity contribution in [3.63, 3.8) is 0 Å². The van der Waals surface area contributed by atoms with E-state index >= 15 is 0 Å². The van der Waals surface area contributed by atoms with Crippen LogP contribution in [0.4, 0.5) is 15.9 Å². The van der Waals surface area contributed by atoms with Crippen molar-refractivity contribution in [2.75, 3.05) is 36.0 Å². The normalized spacial score (nSPS) is 14.4. The molecule has 0 N–H and O–H groups in total. The highest BCUT2D eigenvalue weighted by Gasteiger charge is 2.24. The molecule has 1 aliphatic rings. The summed E-state index contributed by atoms with van der Waals surface area (Å²) in [4.78, 5) is 14.0. The Morgan fingerprint density at radius 3 is 2.44 bits per heavy atom. The summed E-state index contributed by atoms with van der Waals surface area (Å²) in [6, 6.07) is 14.5. The number of nitrogens with zero attached hydrogens (tertiary/aromatic N) is 6. The second kappa shape index (κ2) is 8.39. The highest BCUT2D eigenvalue weighted by molar-refractivity contribution is 6.30. The molecule has 3 heterocycles. The van der Waals surface area contributed by atoms with E-state index in [1.165, 1.54) is 12.1 Å². The number of halogens is 2. The molecule has 0 radical (unpaired) electrons. The third-order valence-corrected chi connectivity index (χ3v) is 6.22. The molecule has 0 aliphatic carbocycles. The SMILES string of the molecule is Cc1nc2nc(Cc3cccc(F)c3)nn2c(N2CCN(c3cccc(Cl)c3)CC2)c1C. The van der Waals surface area contributed by atoms with Crippen molar-refractivity contribution in [2.24, 2.45) is 0 Å². The van der Waals surface area contributed by atoms with Crippen molar-refractivity contribution in [3.05, 3.63) is 82.0 Å². The van der Waals surface area contributed by atoms with Crippen LogP contribution in [0.2, 0.25) is 5.02 Å². The standard InChI is InChI=1S/C24H24ClFN6/c1-16-17(2)27-24-28-22(14-18-5-3-7-20(26)13-18)29-32(24)23(16)31-11-9-30(10-12-31)21-8-4-6-19(25)15-21/h3-8,13,15H,9-12,14H2,1-2H3. The van der Waals surface area contributed by atoms with E-state index < -0.39 is 0 Å². The Hall–Kier alpha value is -3.19. The number of rotatable bonds is 4. The van der Waals surface area contributed by atoms with Gasteiger partial charge in [-0.1, -0.05) is 29.8 Å². The van der Waals surface area contributed by atoms with E-state index in [-0.39, 0.29) is 5.82 Å². The fraction of sp³-hybridized carbons (Fsp3) is 0.292. The molecule has 0 amide bonds. The van der Waals surface area contributed by atoms with Gasteiger partial charge in [0.2, 0.25) is 0 Å². The van der Waals surface area contributed by atoms with Crippen molar-refractivity contribution in [1.82, 2.24) is 19.6 Å². The fourth-order valence-electron chi connectivity index (χ4n) is 4.24. The smallest absolute Gasteiger partial charge is 0.254 e. The van der Waals surface area contributed by atoms with Gasteiger partial charge in [0.25, 0.3) is 5.78 Å². The number of anilines is 2. The van der Waals surface area contributed by atoms with Crippen LogP contribution in [-0.4, -0.2) is 45.8 Å². The molecular formula is C24H24ClFN6. The molecule has 0 unspecified atom stereocenters. The van der Waals surface area contributed by atoms with Crippen LogP contribution in [0, 0.1) is 19.7 Å². The van der Waals surface area contributed by atoms with Crippen molar-refractivity contribution in [3.8, 4) is 0 Å². The third kappa shape index (κ3) is 4.00. The van der Waals surface area contributed by atoms with Crippen LogP contribution < -0.4 is 9.80 Å². The zero-order valence-electron chi connectivity index (χ0n) is 18.1. The summed E-state index contributed by atoms with van der Waals surface area (Å²) in [5.41, 5.74) is 4.01. The largest absolute Gasteiger partial charge is 0.368 e. The predicted octanol–water partition coefficient (Wildman–Crippen LogP) is 4.45. The molecule has 2 aromatic carbocycles. The maximum Gasteiger partial charge on any atom is 0.254 e. The number of piperazine rings is 1. The summed E-state index contributed by atoms with van der Waals surface area (Å²) in [5, 5.41) is 5.50. The Labute approximate surface area is 191 Å². The quantitative estimate of drug-likeness (QED) is 0.459. The van der Waals surface area contributed by atoms with E-state index in [1.807, 2.05) is 35.7 Å². The van der Waals surface area contributed by atoms with Gasteiger partial charge < -0.3 is 9.80 Å². The molecule has 1 fully saturated rings. The second-order valence-electron chi connectivity index (χ2n) is 8.15. The molecule has 4 aromatic rings. The molecule has 1 aliphatic heterocycles. The van der Waals surface area contributed by atoms with Gasteiger partial charge in [-0.3, -0.25) is 0 Å². The van der Waals surface area contributed by atoms with E-state index in [0.717, 1.165) is 59.5 Å². The zero-order valence-corrected chi connectivity index (χ0v) is 18.8. The predicted molar refractivity (Wildman–Crippen MR) is 125 cm³/mol. The number of fused-ring (bicyclic) bond motifs is 1. The van der Waals surface area contributed by atoms with Gasteiger partial charge in [0, 0.05) is 54.6 Å². The zero-order chi connectivity index (χ0) is 22.2.